The van der Waals surface area contributed by atoms with Crippen LogP contribution in [0.15, 0.2) is 12.3 Å². The van der Waals surface area contributed by atoms with Crippen molar-refractivity contribution in [1.82, 2.24) is 14.9 Å². The second-order valence-corrected chi connectivity index (χ2v) is 6.86. The van der Waals surface area contributed by atoms with E-state index >= 15 is 0 Å². The van der Waals surface area contributed by atoms with Gasteiger partial charge in [0.05, 0.1) is 23.4 Å². The third-order valence-corrected chi connectivity index (χ3v) is 3.45. The molecule has 2 aromatic rings. The van der Waals surface area contributed by atoms with E-state index in [2.05, 4.69) is 31.1 Å². The number of carbonyl (C=O) groups excluding carboxylic acids is 1. The fraction of sp³-hybridized carbons (Fsp3) is 0.467. The number of aromatic nitrogens is 2. The summed E-state index contributed by atoms with van der Waals surface area (Å²) in [4.78, 5) is 26.6. The Balaban J connectivity index is 2.57. The van der Waals surface area contributed by atoms with Crippen LogP contribution in [0.25, 0.3) is 5.65 Å². The van der Waals surface area contributed by atoms with Crippen LogP contribution in [0, 0.1) is 22.5 Å². The van der Waals surface area contributed by atoms with Gasteiger partial charge in [-0.25, -0.2) is 10.5 Å². The van der Waals surface area contributed by atoms with Crippen LogP contribution < -0.4 is 10.8 Å². The maximum absolute atomic E-state index is 11.3. The molecule has 9 heteroatoms. The molecular formula is C15H21N5O4. The molecule has 0 spiro atoms. The summed E-state index contributed by atoms with van der Waals surface area (Å²) in [6.45, 7) is 7.63. The number of rotatable bonds is 5. The van der Waals surface area contributed by atoms with Crippen molar-refractivity contribution in [3.8, 4) is 0 Å². The summed E-state index contributed by atoms with van der Waals surface area (Å²) in [6, 6.07) is 1.64. The van der Waals surface area contributed by atoms with Crippen molar-refractivity contribution in [3.05, 3.63) is 33.6 Å². The Morgan fingerprint density at radius 3 is 2.67 bits per heavy atom. The van der Waals surface area contributed by atoms with Gasteiger partial charge in [-0.15, -0.1) is 0 Å². The lowest BCUT2D eigenvalue weighted by Crippen LogP contribution is -2.27. The largest absolute Gasteiger partial charge is 0.360 e. The van der Waals surface area contributed by atoms with Gasteiger partial charge < -0.3 is 5.32 Å². The van der Waals surface area contributed by atoms with Crippen LogP contribution in [-0.4, -0.2) is 32.0 Å². The number of hydrogen-bond acceptors (Lipinski definition) is 6. The Morgan fingerprint density at radius 1 is 1.46 bits per heavy atom. The molecule has 0 unspecified atom stereocenters. The van der Waals surface area contributed by atoms with Crippen LogP contribution in [-0.2, 0) is 11.2 Å². The van der Waals surface area contributed by atoms with E-state index in [9.17, 15) is 14.9 Å². The number of nitro groups is 1. The first-order chi connectivity index (χ1) is 11.1. The fourth-order valence-corrected chi connectivity index (χ4v) is 2.43. The molecule has 0 radical (unpaired) electrons. The van der Waals surface area contributed by atoms with E-state index in [1.54, 1.807) is 22.9 Å². The molecule has 3 N–H and O–H groups in total. The van der Waals surface area contributed by atoms with E-state index in [0.29, 0.717) is 29.1 Å². The third kappa shape index (κ3) is 3.80. The van der Waals surface area contributed by atoms with E-state index in [4.69, 9.17) is 5.21 Å². The van der Waals surface area contributed by atoms with E-state index in [0.717, 1.165) is 0 Å². The zero-order chi connectivity index (χ0) is 18.1. The standard InChI is InChI=1S/C15H21N5O4/c1-9-5-12-17-10(6-15(2,3)4)14(16-7-13(21)18-22)19(12)8-11(9)20(23)24/h5,8,16,22H,6-7H2,1-4H3,(H,18,21). The minimum atomic E-state index is -0.617. The maximum atomic E-state index is 11.3. The molecule has 0 aliphatic rings. The van der Waals surface area contributed by atoms with Gasteiger partial charge in [-0.05, 0) is 24.8 Å². The average molecular weight is 335 g/mol. The lowest BCUT2D eigenvalue weighted by atomic mass is 9.90. The van der Waals surface area contributed by atoms with Crippen molar-refractivity contribution in [1.29, 1.82) is 0 Å². The van der Waals surface area contributed by atoms with E-state index in [1.165, 1.54) is 6.20 Å². The summed E-state index contributed by atoms with van der Waals surface area (Å²) in [7, 11) is 0. The summed E-state index contributed by atoms with van der Waals surface area (Å²) in [5.74, 6) is -0.111. The zero-order valence-corrected chi connectivity index (χ0v) is 14.1. The number of fused-ring (bicyclic) bond motifs is 1. The van der Waals surface area contributed by atoms with Gasteiger partial charge in [0.15, 0.2) is 0 Å². The normalized spacial score (nSPS) is 11.5. The molecule has 0 bridgehead atoms. The number of amides is 1. The fourth-order valence-electron chi connectivity index (χ4n) is 2.43. The molecule has 0 saturated carbocycles. The van der Waals surface area contributed by atoms with Gasteiger partial charge in [0, 0.05) is 5.56 Å². The van der Waals surface area contributed by atoms with Crippen LogP contribution in [0.5, 0.6) is 0 Å². The van der Waals surface area contributed by atoms with E-state index in [-0.39, 0.29) is 17.6 Å². The molecule has 0 aromatic carbocycles. The quantitative estimate of drug-likeness (QED) is 0.437. The summed E-state index contributed by atoms with van der Waals surface area (Å²) in [6.07, 6.45) is 2.01. The highest BCUT2D eigenvalue weighted by Gasteiger charge is 2.22. The number of anilines is 1. The highest BCUT2D eigenvalue weighted by atomic mass is 16.6. The van der Waals surface area contributed by atoms with Crippen molar-refractivity contribution in [2.45, 2.75) is 34.1 Å². The zero-order valence-electron chi connectivity index (χ0n) is 14.1. The number of pyridine rings is 1. The molecule has 0 atom stereocenters. The highest BCUT2D eigenvalue weighted by Crippen LogP contribution is 2.29. The van der Waals surface area contributed by atoms with Crippen molar-refractivity contribution in [2.24, 2.45) is 5.41 Å². The smallest absolute Gasteiger partial charge is 0.288 e. The number of imidazole rings is 1. The number of nitrogens with one attached hydrogen (secondary N) is 2. The van der Waals surface area contributed by atoms with Crippen molar-refractivity contribution in [3.63, 3.8) is 0 Å². The highest BCUT2D eigenvalue weighted by molar-refractivity contribution is 5.79. The number of carbonyl (C=O) groups is 1. The third-order valence-electron chi connectivity index (χ3n) is 3.45. The van der Waals surface area contributed by atoms with E-state index < -0.39 is 10.8 Å². The number of hydroxylamine groups is 1. The van der Waals surface area contributed by atoms with Crippen LogP contribution >= 0.6 is 0 Å². The van der Waals surface area contributed by atoms with Crippen molar-refractivity contribution < 1.29 is 14.9 Å². The van der Waals surface area contributed by atoms with E-state index in [1.807, 2.05) is 0 Å². The second kappa shape index (κ2) is 6.44. The van der Waals surface area contributed by atoms with Gasteiger partial charge in [0.25, 0.3) is 11.6 Å². The van der Waals surface area contributed by atoms with Gasteiger partial charge >= 0.3 is 0 Å². The minimum absolute atomic E-state index is 0.0307. The Hall–Kier alpha value is -2.68. The van der Waals surface area contributed by atoms with Gasteiger partial charge in [0.1, 0.15) is 11.5 Å². The first kappa shape index (κ1) is 17.7. The number of nitrogens with zero attached hydrogens (tertiary/aromatic N) is 3. The predicted molar refractivity (Wildman–Crippen MR) is 88.2 cm³/mol. The molecule has 2 rings (SSSR count). The molecule has 9 nitrogen and oxygen atoms in total. The Labute approximate surface area is 138 Å². The van der Waals surface area contributed by atoms with Crippen molar-refractivity contribution in [2.75, 3.05) is 11.9 Å². The van der Waals surface area contributed by atoms with Gasteiger partial charge in [-0.2, -0.15) is 0 Å². The number of hydrogen-bond donors (Lipinski definition) is 3. The lowest BCUT2D eigenvalue weighted by Gasteiger charge is -2.17. The Morgan fingerprint density at radius 2 is 2.12 bits per heavy atom. The molecule has 1 amide bonds. The maximum Gasteiger partial charge on any atom is 0.288 e. The molecule has 0 aliphatic heterocycles. The van der Waals surface area contributed by atoms with Gasteiger partial charge in [-0.1, -0.05) is 20.8 Å². The van der Waals surface area contributed by atoms with Crippen molar-refractivity contribution >= 4 is 23.1 Å². The Kier molecular flexibility index (Phi) is 4.74. The van der Waals surface area contributed by atoms with Crippen LogP contribution in [0.3, 0.4) is 0 Å². The molecule has 0 aliphatic carbocycles. The van der Waals surface area contributed by atoms with Gasteiger partial charge in [-0.3, -0.25) is 24.5 Å². The molecule has 130 valence electrons. The van der Waals surface area contributed by atoms with Gasteiger partial charge in [0.2, 0.25) is 0 Å². The summed E-state index contributed by atoms with van der Waals surface area (Å²) in [5.41, 5.74) is 3.23. The molecule has 24 heavy (non-hydrogen) atoms. The summed E-state index contributed by atoms with van der Waals surface area (Å²) in [5, 5.41) is 22.7. The molecular weight excluding hydrogens is 314 g/mol. The summed E-state index contributed by atoms with van der Waals surface area (Å²) >= 11 is 0. The average Bonchev–Trinajstić information content (AvgIpc) is 2.77. The lowest BCUT2D eigenvalue weighted by molar-refractivity contribution is -0.385. The van der Waals surface area contributed by atoms with Crippen LogP contribution in [0.1, 0.15) is 32.0 Å². The van der Waals surface area contributed by atoms with Crippen LogP contribution in [0.4, 0.5) is 11.5 Å². The molecule has 2 aromatic heterocycles. The van der Waals surface area contributed by atoms with Crippen LogP contribution in [0.2, 0.25) is 0 Å². The monoisotopic (exact) mass is 335 g/mol. The predicted octanol–water partition coefficient (Wildman–Crippen LogP) is 2.06. The SMILES string of the molecule is Cc1cc2nc(CC(C)(C)C)c(NCC(=O)NO)n2cc1[N+](=O)[O-]. The minimum Gasteiger partial charge on any atom is -0.360 e. The molecule has 2 heterocycles. The molecule has 0 saturated heterocycles. The first-order valence-electron chi connectivity index (χ1n) is 7.45. The summed E-state index contributed by atoms with van der Waals surface area (Å²) < 4.78 is 1.57. The first-order valence-corrected chi connectivity index (χ1v) is 7.45. The second-order valence-electron chi connectivity index (χ2n) is 6.86. The topological polar surface area (TPSA) is 122 Å². The molecule has 0 fully saturated rings. The number of aryl methyl sites for hydroxylation is 1. The Bertz CT molecular complexity index is 791.